The van der Waals surface area contributed by atoms with Gasteiger partial charge in [-0.2, -0.15) is 4.31 Å². The van der Waals surface area contributed by atoms with E-state index in [4.69, 9.17) is 5.11 Å². The zero-order valence-electron chi connectivity index (χ0n) is 13.2. The van der Waals surface area contributed by atoms with Gasteiger partial charge in [0.15, 0.2) is 6.10 Å². The molecule has 0 unspecified atom stereocenters. The maximum atomic E-state index is 13.1. The molecule has 2 atom stereocenters. The van der Waals surface area contributed by atoms with Crippen molar-refractivity contribution in [2.45, 2.75) is 30.8 Å². The average Bonchev–Trinajstić information content (AvgIpc) is 2.90. The summed E-state index contributed by atoms with van der Waals surface area (Å²) in [6, 6.07) is 7.36. The predicted octanol–water partition coefficient (Wildman–Crippen LogP) is 2.06. The molecule has 2 heterocycles. The van der Waals surface area contributed by atoms with Crippen molar-refractivity contribution in [2.24, 2.45) is 5.92 Å². The Labute approximate surface area is 144 Å². The Morgan fingerprint density at radius 2 is 2.08 bits per heavy atom. The summed E-state index contributed by atoms with van der Waals surface area (Å²) in [6.07, 6.45) is -0.499. The highest BCUT2D eigenvalue weighted by molar-refractivity contribution is 7.89. The molecular formula is C16H19NO5S2. The lowest BCUT2D eigenvalue weighted by molar-refractivity contribution is -0.150. The Kier molecular flexibility index (Phi) is 4.65. The number of carbonyl (C=O) groups is 1. The minimum absolute atomic E-state index is 0.0272. The third kappa shape index (κ3) is 2.95. The lowest BCUT2D eigenvalue weighted by Gasteiger charge is -2.33. The smallest absolute Gasteiger partial charge is 0.332 e. The zero-order chi connectivity index (χ0) is 17.5. The van der Waals surface area contributed by atoms with E-state index in [9.17, 15) is 18.3 Å². The van der Waals surface area contributed by atoms with E-state index in [1.165, 1.54) is 15.6 Å². The second-order valence-electron chi connectivity index (χ2n) is 6.03. The first-order valence-corrected chi connectivity index (χ1v) is 9.97. The molecule has 3 rings (SSSR count). The van der Waals surface area contributed by atoms with Crippen LogP contribution < -0.4 is 0 Å². The average molecular weight is 369 g/mol. The van der Waals surface area contributed by atoms with Crippen molar-refractivity contribution in [3.05, 3.63) is 29.1 Å². The molecule has 1 aliphatic rings. The molecule has 1 aromatic carbocycles. The van der Waals surface area contributed by atoms with E-state index in [1.807, 2.05) is 12.1 Å². The van der Waals surface area contributed by atoms with Crippen LogP contribution in [0.25, 0.3) is 10.1 Å². The second-order valence-corrected chi connectivity index (χ2v) is 9.16. The normalized spacial score (nSPS) is 21.0. The van der Waals surface area contributed by atoms with Crippen molar-refractivity contribution in [2.75, 3.05) is 13.1 Å². The van der Waals surface area contributed by atoms with Crippen molar-refractivity contribution in [3.63, 3.8) is 0 Å². The summed E-state index contributed by atoms with van der Waals surface area (Å²) in [7, 11) is -3.73. The van der Waals surface area contributed by atoms with Crippen molar-refractivity contribution in [3.8, 4) is 0 Å². The molecule has 8 heteroatoms. The Balaban J connectivity index is 1.98. The van der Waals surface area contributed by atoms with Gasteiger partial charge in [-0.25, -0.2) is 13.2 Å². The predicted molar refractivity (Wildman–Crippen MR) is 91.7 cm³/mol. The number of thiophene rings is 1. The first kappa shape index (κ1) is 17.3. The number of hydrogen-bond acceptors (Lipinski definition) is 5. The third-order valence-corrected chi connectivity index (χ3v) is 7.70. The van der Waals surface area contributed by atoms with E-state index in [-0.39, 0.29) is 6.54 Å². The molecule has 130 valence electrons. The Morgan fingerprint density at radius 3 is 2.79 bits per heavy atom. The Bertz CT molecular complexity index is 874. The number of aliphatic hydroxyl groups excluding tert-OH is 1. The summed E-state index contributed by atoms with van der Waals surface area (Å²) in [5.74, 6) is -1.90. The third-order valence-electron chi connectivity index (χ3n) is 4.43. The molecule has 0 bridgehead atoms. The van der Waals surface area contributed by atoms with Gasteiger partial charge < -0.3 is 10.2 Å². The summed E-state index contributed by atoms with van der Waals surface area (Å²) in [6.45, 7) is 2.15. The fraction of sp³-hybridized carbons (Fsp3) is 0.438. The number of carboxylic acid groups (broad SMARTS) is 1. The zero-order valence-corrected chi connectivity index (χ0v) is 14.8. The molecule has 2 N–H and O–H groups in total. The van der Waals surface area contributed by atoms with Crippen LogP contribution >= 0.6 is 11.3 Å². The van der Waals surface area contributed by atoms with Gasteiger partial charge in [0.05, 0.1) is 0 Å². The summed E-state index contributed by atoms with van der Waals surface area (Å²) >= 11 is 1.43. The lowest BCUT2D eigenvalue weighted by atomic mass is 9.94. The molecule has 1 fully saturated rings. The van der Waals surface area contributed by atoms with Crippen LogP contribution in [0.15, 0.2) is 29.2 Å². The second kappa shape index (κ2) is 6.44. The van der Waals surface area contributed by atoms with Crippen molar-refractivity contribution in [1.29, 1.82) is 0 Å². The first-order chi connectivity index (χ1) is 11.3. The number of aliphatic hydroxyl groups is 1. The molecule has 6 nitrogen and oxygen atoms in total. The van der Waals surface area contributed by atoms with Crippen molar-refractivity contribution in [1.82, 2.24) is 4.31 Å². The number of carboxylic acids is 1. The van der Waals surface area contributed by atoms with E-state index in [0.29, 0.717) is 29.7 Å². The van der Waals surface area contributed by atoms with E-state index >= 15 is 0 Å². The molecule has 0 spiro atoms. The molecule has 0 amide bonds. The minimum atomic E-state index is -3.73. The van der Waals surface area contributed by atoms with Crippen LogP contribution in [0.1, 0.15) is 17.7 Å². The molecule has 1 aliphatic heterocycles. The summed E-state index contributed by atoms with van der Waals surface area (Å²) < 4.78 is 28.5. The number of aryl methyl sites for hydroxylation is 1. The maximum absolute atomic E-state index is 13.1. The Hall–Kier alpha value is -1.48. The number of hydrogen-bond donors (Lipinski definition) is 2. The fourth-order valence-electron chi connectivity index (χ4n) is 3.25. The van der Waals surface area contributed by atoms with Crippen LogP contribution in [0, 0.1) is 12.8 Å². The molecule has 2 aromatic rings. The van der Waals surface area contributed by atoms with Crippen molar-refractivity contribution >= 4 is 37.4 Å². The molecule has 0 radical (unpaired) electrons. The van der Waals surface area contributed by atoms with Gasteiger partial charge in [-0.05, 0) is 25.8 Å². The van der Waals surface area contributed by atoms with Gasteiger partial charge in [-0.1, -0.05) is 18.2 Å². The van der Waals surface area contributed by atoms with Crippen molar-refractivity contribution < 1.29 is 23.4 Å². The molecule has 24 heavy (non-hydrogen) atoms. The number of fused-ring (bicyclic) bond motifs is 1. The van der Waals surface area contributed by atoms with Gasteiger partial charge in [-0.15, -0.1) is 11.3 Å². The van der Waals surface area contributed by atoms with Gasteiger partial charge in [0, 0.05) is 34.0 Å². The molecule has 1 saturated heterocycles. The van der Waals surface area contributed by atoms with Gasteiger partial charge in [0.25, 0.3) is 0 Å². The highest BCUT2D eigenvalue weighted by Gasteiger charge is 2.37. The topological polar surface area (TPSA) is 94.9 Å². The number of rotatable bonds is 4. The van der Waals surface area contributed by atoms with Crippen LogP contribution in [0.3, 0.4) is 0 Å². The van der Waals surface area contributed by atoms with E-state index in [1.54, 1.807) is 19.1 Å². The molecular weight excluding hydrogens is 350 g/mol. The van der Waals surface area contributed by atoms with Gasteiger partial charge in [0.1, 0.15) is 4.90 Å². The van der Waals surface area contributed by atoms with Gasteiger partial charge in [-0.3, -0.25) is 0 Å². The van der Waals surface area contributed by atoms with E-state index in [0.717, 1.165) is 9.58 Å². The standard InChI is InChI=1S/C16H19NO5S2/c1-10-15(12-6-2-3-7-13(12)23-10)24(21,22)17-8-4-5-11(9-17)14(18)16(19)20/h2-3,6-7,11,14,18H,4-5,8-9H2,1H3,(H,19,20)/t11-,14-/m0/s1. The van der Waals surface area contributed by atoms with Crippen LogP contribution in [-0.2, 0) is 14.8 Å². The number of benzene rings is 1. The monoisotopic (exact) mass is 369 g/mol. The van der Waals surface area contributed by atoms with Crippen LogP contribution in [0.4, 0.5) is 0 Å². The van der Waals surface area contributed by atoms with Gasteiger partial charge >= 0.3 is 5.97 Å². The summed E-state index contributed by atoms with van der Waals surface area (Å²) in [5, 5.41) is 19.4. The number of sulfonamides is 1. The Morgan fingerprint density at radius 1 is 1.38 bits per heavy atom. The summed E-state index contributed by atoms with van der Waals surface area (Å²) in [4.78, 5) is 12.0. The highest BCUT2D eigenvalue weighted by atomic mass is 32.2. The minimum Gasteiger partial charge on any atom is -0.479 e. The number of aliphatic carboxylic acids is 1. The van der Waals surface area contributed by atoms with Gasteiger partial charge in [0.2, 0.25) is 10.0 Å². The fourth-order valence-corrected chi connectivity index (χ4v) is 6.54. The lowest BCUT2D eigenvalue weighted by Crippen LogP contribution is -2.45. The quantitative estimate of drug-likeness (QED) is 0.860. The van der Waals surface area contributed by atoms with Crippen LogP contribution in [0.2, 0.25) is 0 Å². The SMILES string of the molecule is Cc1sc2ccccc2c1S(=O)(=O)N1CCC[C@H]([C@H](O)C(=O)O)C1. The van der Waals surface area contributed by atoms with Crippen LogP contribution in [0.5, 0.6) is 0 Å². The molecule has 0 aliphatic carbocycles. The summed E-state index contributed by atoms with van der Waals surface area (Å²) in [5.41, 5.74) is 0. The van der Waals surface area contributed by atoms with E-state index in [2.05, 4.69) is 0 Å². The van der Waals surface area contributed by atoms with Crippen LogP contribution in [-0.4, -0.2) is 48.1 Å². The highest BCUT2D eigenvalue weighted by Crippen LogP contribution is 2.37. The number of nitrogens with zero attached hydrogens (tertiary/aromatic N) is 1. The number of piperidine rings is 1. The molecule has 0 saturated carbocycles. The largest absolute Gasteiger partial charge is 0.479 e. The van der Waals surface area contributed by atoms with E-state index < -0.39 is 28.0 Å². The molecule has 1 aromatic heterocycles. The first-order valence-electron chi connectivity index (χ1n) is 7.71. The maximum Gasteiger partial charge on any atom is 0.332 e.